The highest BCUT2D eigenvalue weighted by atomic mass is 32.2. The van der Waals surface area contributed by atoms with Crippen LogP contribution in [0.25, 0.3) is 0 Å². The first-order valence-electron chi connectivity index (χ1n) is 13.3. The van der Waals surface area contributed by atoms with Crippen LogP contribution in [-0.2, 0) is 9.47 Å². The third-order valence-corrected chi connectivity index (χ3v) is 7.04. The highest BCUT2D eigenvalue weighted by Crippen LogP contribution is 2.18. The highest BCUT2D eigenvalue weighted by molar-refractivity contribution is 7.99. The Morgan fingerprint density at radius 3 is 1.69 bits per heavy atom. The van der Waals surface area contributed by atoms with Crippen LogP contribution < -0.4 is 14.2 Å². The second-order valence-electron chi connectivity index (χ2n) is 9.05. The lowest BCUT2D eigenvalue weighted by atomic mass is 10.3. The summed E-state index contributed by atoms with van der Waals surface area (Å²) in [6.07, 6.45) is -1.66. The van der Waals surface area contributed by atoms with Gasteiger partial charge in [-0.15, -0.1) is 0 Å². The molecule has 0 saturated heterocycles. The largest absolute Gasteiger partial charge is 0.491 e. The summed E-state index contributed by atoms with van der Waals surface area (Å²) in [5.41, 5.74) is 0. The van der Waals surface area contributed by atoms with Crippen LogP contribution in [0.3, 0.4) is 0 Å². The number of aliphatic hydroxyl groups excluding tert-OH is 1. The minimum atomic E-state index is -0.839. The number of para-hydroxylation sites is 3. The smallest absolute Gasteiger partial charge is 0.201 e. The molecule has 1 aromatic heterocycles. The Balaban J connectivity index is 1.36. The Morgan fingerprint density at radius 2 is 1.14 bits per heavy atom. The first kappa shape index (κ1) is 31.7. The molecule has 3 aromatic carbocycles. The van der Waals surface area contributed by atoms with Gasteiger partial charge in [0.1, 0.15) is 55.4 Å². The summed E-state index contributed by atoms with van der Waals surface area (Å²) in [6, 6.07) is 28.3. The molecule has 0 saturated carbocycles. The molecule has 4 aromatic rings. The number of hydrogen-bond acceptors (Lipinski definition) is 10. The van der Waals surface area contributed by atoms with Gasteiger partial charge in [0.25, 0.3) is 0 Å². The molecule has 3 N–H and O–H groups in total. The normalized spacial score (nSPS) is 13.2. The van der Waals surface area contributed by atoms with Crippen molar-refractivity contribution in [1.82, 2.24) is 15.0 Å². The van der Waals surface area contributed by atoms with Crippen molar-refractivity contribution in [3.05, 3.63) is 101 Å². The maximum absolute atomic E-state index is 10.5. The number of aromatic amines is 2. The van der Waals surface area contributed by atoms with Gasteiger partial charge in [-0.2, -0.15) is 4.98 Å². The van der Waals surface area contributed by atoms with Crippen molar-refractivity contribution in [3.8, 4) is 17.2 Å². The number of ether oxygens (including phenoxy) is 5. The molecule has 42 heavy (non-hydrogen) atoms. The van der Waals surface area contributed by atoms with Crippen molar-refractivity contribution >= 4 is 36.2 Å². The number of nitrogens with zero attached hydrogens (tertiary/aromatic N) is 1. The van der Waals surface area contributed by atoms with Crippen LogP contribution in [0, 0.1) is 9.54 Å². The van der Waals surface area contributed by atoms with E-state index in [1.54, 1.807) is 0 Å². The van der Waals surface area contributed by atoms with E-state index in [0.717, 1.165) is 5.75 Å². The van der Waals surface area contributed by atoms with Gasteiger partial charge in [0.05, 0.1) is 13.2 Å². The maximum atomic E-state index is 10.5. The van der Waals surface area contributed by atoms with Crippen molar-refractivity contribution in [2.75, 3.05) is 38.8 Å². The Labute approximate surface area is 259 Å². The second-order valence-corrected chi connectivity index (χ2v) is 10.9. The van der Waals surface area contributed by atoms with Crippen LogP contribution >= 0.6 is 36.2 Å². The van der Waals surface area contributed by atoms with Crippen LogP contribution in [0.1, 0.15) is 0 Å². The lowest BCUT2D eigenvalue weighted by Gasteiger charge is -2.24. The SMILES string of the molecule is OC(COc1ccccc1)COC(COc1ccccc1)COC(COc1ccccc1)CSc1nc(=S)[nH]c(=S)[nH]1. The standard InChI is InChI=1S/C30H33N3O6S3/c34-22(16-35-23-10-4-1-5-11-23)17-36-26(18-37-24-12-6-2-7-13-24)19-39-27(20-38-25-14-8-3-9-15-25)21-42-30-32-28(40)31-29(41)33-30/h1-15,22,26-27,34H,16-21H2,(H2,31,32,33,40,41). The van der Waals surface area contributed by atoms with Crippen molar-refractivity contribution in [3.63, 3.8) is 0 Å². The van der Waals surface area contributed by atoms with Gasteiger partial charge in [0, 0.05) is 5.75 Å². The molecule has 9 nitrogen and oxygen atoms in total. The zero-order valence-electron chi connectivity index (χ0n) is 22.8. The van der Waals surface area contributed by atoms with Crippen LogP contribution in [-0.4, -0.2) is 77.2 Å². The van der Waals surface area contributed by atoms with E-state index in [1.165, 1.54) is 11.8 Å². The fourth-order valence-electron chi connectivity index (χ4n) is 3.56. The molecule has 0 amide bonds. The topological polar surface area (TPSA) is 111 Å². The summed E-state index contributed by atoms with van der Waals surface area (Å²) >= 11 is 11.8. The number of nitrogens with one attached hydrogen (secondary N) is 2. The maximum Gasteiger partial charge on any atom is 0.201 e. The Hall–Kier alpha value is -3.26. The number of rotatable bonds is 18. The number of hydrogen-bond donors (Lipinski definition) is 3. The van der Waals surface area contributed by atoms with Gasteiger partial charge in [-0.1, -0.05) is 66.4 Å². The lowest BCUT2D eigenvalue weighted by molar-refractivity contribution is -0.0861. The lowest BCUT2D eigenvalue weighted by Crippen LogP contribution is -2.35. The van der Waals surface area contributed by atoms with Crippen molar-refractivity contribution in [1.29, 1.82) is 0 Å². The molecule has 3 unspecified atom stereocenters. The minimum absolute atomic E-state index is 0.0432. The van der Waals surface area contributed by atoms with Crippen LogP contribution in [0.4, 0.5) is 0 Å². The number of H-pyrrole nitrogens is 2. The summed E-state index contributed by atoms with van der Waals surface area (Å²) in [5, 5.41) is 11.1. The molecule has 0 spiro atoms. The Bertz CT molecular complexity index is 1400. The summed E-state index contributed by atoms with van der Waals surface area (Å²) in [6.45, 7) is 0.840. The molecule has 0 radical (unpaired) electrons. The Morgan fingerprint density at radius 1 is 0.643 bits per heavy atom. The fourth-order valence-corrected chi connectivity index (χ4v) is 5.00. The quantitative estimate of drug-likeness (QED) is 0.0945. The molecule has 0 bridgehead atoms. The van der Waals surface area contributed by atoms with E-state index >= 15 is 0 Å². The molecule has 3 atom stereocenters. The molecular formula is C30H33N3O6S3. The van der Waals surface area contributed by atoms with Crippen molar-refractivity contribution < 1.29 is 28.8 Å². The zero-order valence-corrected chi connectivity index (χ0v) is 25.2. The number of benzene rings is 3. The Kier molecular flexibility index (Phi) is 13.3. The molecule has 0 aliphatic carbocycles. The van der Waals surface area contributed by atoms with Gasteiger partial charge in [-0.25, -0.2) is 0 Å². The second kappa shape index (κ2) is 17.6. The van der Waals surface area contributed by atoms with Crippen LogP contribution in [0.5, 0.6) is 17.2 Å². The third-order valence-electron chi connectivity index (χ3n) is 5.64. The van der Waals surface area contributed by atoms with Crippen molar-refractivity contribution in [2.24, 2.45) is 0 Å². The van der Waals surface area contributed by atoms with Gasteiger partial charge in [-0.05, 0) is 60.8 Å². The third kappa shape index (κ3) is 11.9. The molecule has 0 aliphatic rings. The summed E-state index contributed by atoms with van der Waals surface area (Å²) in [7, 11) is 0. The van der Waals surface area contributed by atoms with Gasteiger partial charge in [-0.3, -0.25) is 0 Å². The first-order valence-corrected chi connectivity index (χ1v) is 15.1. The van der Waals surface area contributed by atoms with E-state index in [-0.39, 0.29) is 39.1 Å². The molecule has 12 heteroatoms. The van der Waals surface area contributed by atoms with Gasteiger partial charge in [0.15, 0.2) is 9.93 Å². The molecule has 0 fully saturated rings. The summed E-state index contributed by atoms with van der Waals surface area (Å²) in [5.74, 6) is 2.62. The molecule has 1 heterocycles. The van der Waals surface area contributed by atoms with Gasteiger partial charge >= 0.3 is 0 Å². The van der Waals surface area contributed by atoms with Gasteiger partial charge < -0.3 is 38.8 Å². The summed E-state index contributed by atoms with van der Waals surface area (Å²) in [4.78, 5) is 10.1. The molecule has 4 rings (SSSR count). The molecular weight excluding hydrogens is 595 g/mol. The van der Waals surface area contributed by atoms with Gasteiger partial charge in [0.2, 0.25) is 4.77 Å². The first-order chi connectivity index (χ1) is 20.5. The number of aliphatic hydroxyl groups is 1. The summed E-state index contributed by atoms with van der Waals surface area (Å²) < 4.78 is 30.6. The van der Waals surface area contributed by atoms with Crippen LogP contribution in [0.15, 0.2) is 96.2 Å². The van der Waals surface area contributed by atoms with E-state index < -0.39 is 12.2 Å². The zero-order chi connectivity index (χ0) is 29.4. The van der Waals surface area contributed by atoms with Crippen LogP contribution in [0.2, 0.25) is 0 Å². The predicted molar refractivity (Wildman–Crippen MR) is 167 cm³/mol. The van der Waals surface area contributed by atoms with E-state index in [4.69, 9.17) is 48.1 Å². The van der Waals surface area contributed by atoms with E-state index in [9.17, 15) is 5.11 Å². The van der Waals surface area contributed by atoms with E-state index in [0.29, 0.717) is 32.0 Å². The highest BCUT2D eigenvalue weighted by Gasteiger charge is 2.19. The average Bonchev–Trinajstić information content (AvgIpc) is 3.01. The minimum Gasteiger partial charge on any atom is -0.491 e. The fraction of sp³-hybridized carbons (Fsp3) is 0.300. The average molecular weight is 628 g/mol. The van der Waals surface area contributed by atoms with Crippen molar-refractivity contribution in [2.45, 2.75) is 23.5 Å². The number of aromatic nitrogens is 3. The monoisotopic (exact) mass is 627 g/mol. The molecule has 0 aliphatic heterocycles. The van der Waals surface area contributed by atoms with E-state index in [1.807, 2.05) is 91.0 Å². The molecule has 222 valence electrons. The predicted octanol–water partition coefficient (Wildman–Crippen LogP) is 5.66. The number of thioether (sulfide) groups is 1. The van der Waals surface area contributed by atoms with E-state index in [2.05, 4.69) is 15.0 Å².